The van der Waals surface area contributed by atoms with E-state index in [2.05, 4.69) is 9.55 Å². The highest BCUT2D eigenvalue weighted by molar-refractivity contribution is 5.72. The molecule has 2 aromatic rings. The molecule has 2 aliphatic rings. The van der Waals surface area contributed by atoms with Gasteiger partial charge < -0.3 is 4.74 Å². The maximum Gasteiger partial charge on any atom is 0.414 e. The van der Waals surface area contributed by atoms with Crippen LogP contribution in [0.15, 0.2) is 66.6 Å². The fourth-order valence-electron chi connectivity index (χ4n) is 2.89. The summed E-state index contributed by atoms with van der Waals surface area (Å²) in [5.41, 5.74) is 3.28. The molecule has 1 amide bonds. The molecule has 0 unspecified atom stereocenters. The quantitative estimate of drug-likeness (QED) is 0.800. The summed E-state index contributed by atoms with van der Waals surface area (Å²) in [4.78, 5) is 18.2. The molecule has 0 atom stereocenters. The summed E-state index contributed by atoms with van der Waals surface area (Å²) >= 11 is 0. The van der Waals surface area contributed by atoms with Gasteiger partial charge in [-0.1, -0.05) is 35.3 Å². The molecule has 4 rings (SSSR count). The molecule has 0 saturated heterocycles. The van der Waals surface area contributed by atoms with Gasteiger partial charge in [0, 0.05) is 23.9 Å². The Hall–Kier alpha value is -2.95. The largest absolute Gasteiger partial charge is 0.444 e. The second-order valence-electron chi connectivity index (χ2n) is 5.56. The van der Waals surface area contributed by atoms with Gasteiger partial charge in [-0.15, -0.1) is 0 Å². The van der Waals surface area contributed by atoms with E-state index in [0.717, 1.165) is 23.5 Å². The van der Waals surface area contributed by atoms with Gasteiger partial charge >= 0.3 is 11.9 Å². The molecule has 1 aromatic carbocycles. The van der Waals surface area contributed by atoms with Crippen molar-refractivity contribution in [1.82, 2.24) is 9.88 Å². The highest BCUT2D eigenvalue weighted by Crippen LogP contribution is 2.23. The minimum absolute atomic E-state index is 0.284. The maximum absolute atomic E-state index is 12.2. The lowest BCUT2D eigenvalue weighted by atomic mass is 10.1. The number of allylic oxidation sites excluding steroid dienone is 2. The first-order chi connectivity index (χ1) is 11.3. The van der Waals surface area contributed by atoms with Crippen molar-refractivity contribution in [2.75, 3.05) is 6.54 Å². The van der Waals surface area contributed by atoms with Gasteiger partial charge in [-0.2, -0.15) is 4.57 Å². The maximum atomic E-state index is 12.2. The molecule has 23 heavy (non-hydrogen) atoms. The van der Waals surface area contributed by atoms with Gasteiger partial charge in [-0.05, 0) is 5.56 Å². The van der Waals surface area contributed by atoms with E-state index in [0.29, 0.717) is 6.54 Å². The Labute approximate surface area is 134 Å². The summed E-state index contributed by atoms with van der Waals surface area (Å²) in [6.07, 6.45) is 7.95. The third-order valence-corrected chi connectivity index (χ3v) is 4.03. The van der Waals surface area contributed by atoms with Crippen molar-refractivity contribution < 1.29 is 14.1 Å². The van der Waals surface area contributed by atoms with Crippen molar-refractivity contribution in [2.24, 2.45) is 0 Å². The Morgan fingerprint density at radius 1 is 1.26 bits per heavy atom. The number of hydrogen-bond donors (Lipinski definition) is 0. The van der Waals surface area contributed by atoms with Crippen molar-refractivity contribution in [2.45, 2.75) is 13.0 Å². The smallest absolute Gasteiger partial charge is 0.414 e. The molecule has 5 nitrogen and oxygen atoms in total. The number of amides is 1. The molecule has 1 aromatic heterocycles. The zero-order valence-electron chi connectivity index (χ0n) is 12.6. The molecule has 0 fully saturated rings. The van der Waals surface area contributed by atoms with Crippen LogP contribution in [0, 0.1) is 0 Å². The zero-order chi connectivity index (χ0) is 15.6. The van der Waals surface area contributed by atoms with Crippen molar-refractivity contribution in [1.29, 1.82) is 0 Å². The topological polar surface area (TPSA) is 46.3 Å². The first-order valence-corrected chi connectivity index (χ1v) is 7.55. The normalized spacial score (nSPS) is 15.4. The van der Waals surface area contributed by atoms with E-state index < -0.39 is 0 Å². The predicted molar refractivity (Wildman–Crippen MR) is 83.8 cm³/mol. The van der Waals surface area contributed by atoms with Gasteiger partial charge in [0.2, 0.25) is 0 Å². The van der Waals surface area contributed by atoms with Crippen molar-refractivity contribution in [3.8, 4) is 0 Å². The van der Waals surface area contributed by atoms with E-state index >= 15 is 0 Å². The van der Waals surface area contributed by atoms with Crippen LogP contribution in [0.4, 0.5) is 4.79 Å². The monoisotopic (exact) mass is 306 g/mol. The fourth-order valence-corrected chi connectivity index (χ4v) is 2.89. The highest BCUT2D eigenvalue weighted by atomic mass is 16.6. The Morgan fingerprint density at radius 3 is 3.00 bits per heavy atom. The van der Waals surface area contributed by atoms with Gasteiger partial charge in [0.1, 0.15) is 24.7 Å². The summed E-state index contributed by atoms with van der Waals surface area (Å²) in [7, 11) is 0. The minimum atomic E-state index is -0.328. The van der Waals surface area contributed by atoms with Crippen LogP contribution in [-0.4, -0.2) is 22.5 Å². The van der Waals surface area contributed by atoms with Gasteiger partial charge in [-0.3, -0.25) is 4.90 Å². The van der Waals surface area contributed by atoms with E-state index in [1.54, 1.807) is 17.3 Å². The third kappa shape index (κ3) is 2.61. The van der Waals surface area contributed by atoms with Crippen LogP contribution >= 0.6 is 0 Å². The van der Waals surface area contributed by atoms with Crippen LogP contribution in [0.1, 0.15) is 11.4 Å². The van der Waals surface area contributed by atoms with E-state index in [1.165, 1.54) is 5.57 Å². The second-order valence-corrected chi connectivity index (χ2v) is 5.56. The van der Waals surface area contributed by atoms with Crippen LogP contribution in [-0.2, 0) is 17.8 Å². The van der Waals surface area contributed by atoms with Gasteiger partial charge in [0.05, 0.1) is 13.0 Å². The minimum Gasteiger partial charge on any atom is -0.444 e. The number of carbonyl (C=O) groups is 1. The molecular weight excluding hydrogens is 290 g/mol. The molecule has 0 N–H and O–H groups in total. The Kier molecular flexibility index (Phi) is 3.38. The molecule has 0 spiro atoms. The number of carbonyl (C=O) groups excluding carboxylic acids is 1. The first kappa shape index (κ1) is 13.7. The van der Waals surface area contributed by atoms with E-state index in [1.807, 2.05) is 48.7 Å². The Bertz CT molecular complexity index is 812. The van der Waals surface area contributed by atoms with Crippen LogP contribution in [0.3, 0.4) is 0 Å². The van der Waals surface area contributed by atoms with Crippen LogP contribution < -0.4 is 4.57 Å². The van der Waals surface area contributed by atoms with Gasteiger partial charge in [0.25, 0.3) is 0 Å². The third-order valence-electron chi connectivity index (χ3n) is 4.03. The molecular formula is C18H16N3O2+. The number of fused-ring (bicyclic) bond motifs is 2. The molecule has 0 radical (unpaired) electrons. The predicted octanol–water partition coefficient (Wildman–Crippen LogP) is 2.30. The van der Waals surface area contributed by atoms with Crippen molar-refractivity contribution >= 4 is 11.8 Å². The lowest BCUT2D eigenvalue weighted by Crippen LogP contribution is -2.35. The molecule has 114 valence electrons. The molecule has 3 heterocycles. The zero-order valence-corrected chi connectivity index (χ0v) is 12.6. The summed E-state index contributed by atoms with van der Waals surface area (Å²) in [6.45, 7) is 0.829. The summed E-state index contributed by atoms with van der Waals surface area (Å²) < 4.78 is 7.45. The summed E-state index contributed by atoms with van der Waals surface area (Å²) in [5.74, 6) is 1.00. The SMILES string of the molecule is O=C(OCc1ccccc1)N1C=CC2=C(Cc3nccc[n+]32)C1. The number of aromatic nitrogens is 2. The van der Waals surface area contributed by atoms with Crippen LogP contribution in [0.5, 0.6) is 0 Å². The number of rotatable bonds is 2. The lowest BCUT2D eigenvalue weighted by Gasteiger charge is -2.21. The Morgan fingerprint density at radius 2 is 2.13 bits per heavy atom. The number of benzene rings is 1. The molecule has 0 saturated carbocycles. The number of nitrogens with zero attached hydrogens (tertiary/aromatic N) is 3. The lowest BCUT2D eigenvalue weighted by molar-refractivity contribution is -0.585. The van der Waals surface area contributed by atoms with Gasteiger partial charge in [0.15, 0.2) is 0 Å². The van der Waals surface area contributed by atoms with Gasteiger partial charge in [-0.25, -0.2) is 4.79 Å². The molecule has 2 aliphatic heterocycles. The second kappa shape index (κ2) is 5.68. The molecule has 0 aliphatic carbocycles. The van der Waals surface area contributed by atoms with Crippen LogP contribution in [0.2, 0.25) is 0 Å². The fraction of sp³-hybridized carbons (Fsp3) is 0.167. The molecule has 0 bridgehead atoms. The highest BCUT2D eigenvalue weighted by Gasteiger charge is 2.32. The van der Waals surface area contributed by atoms with Crippen molar-refractivity contribution in [3.63, 3.8) is 0 Å². The average molecular weight is 306 g/mol. The Balaban J connectivity index is 1.42. The van der Waals surface area contributed by atoms with E-state index in [4.69, 9.17) is 4.74 Å². The van der Waals surface area contributed by atoms with E-state index in [-0.39, 0.29) is 12.7 Å². The standard InChI is InChI=1S/C18H16N3O2/c22-18(23-13-14-5-2-1-3-6-14)20-10-7-16-15(12-20)11-17-19-8-4-9-21(16)17/h1-10H,11-13H2/q+1. The molecule has 5 heteroatoms. The van der Waals surface area contributed by atoms with E-state index in [9.17, 15) is 4.79 Å². The average Bonchev–Trinajstić information content (AvgIpc) is 2.98. The van der Waals surface area contributed by atoms with Crippen molar-refractivity contribution in [3.05, 3.63) is 78.0 Å². The first-order valence-electron chi connectivity index (χ1n) is 7.55. The number of hydrogen-bond acceptors (Lipinski definition) is 3. The number of ether oxygens (including phenoxy) is 1. The summed E-state index contributed by atoms with van der Waals surface area (Å²) in [6, 6.07) is 11.6. The van der Waals surface area contributed by atoms with Crippen LogP contribution in [0.25, 0.3) is 5.70 Å². The summed E-state index contributed by atoms with van der Waals surface area (Å²) in [5, 5.41) is 0.